The summed E-state index contributed by atoms with van der Waals surface area (Å²) in [5.41, 5.74) is 2.39. The lowest BCUT2D eigenvalue weighted by Gasteiger charge is -2.19. The second-order valence-corrected chi connectivity index (χ2v) is 7.59. The summed E-state index contributed by atoms with van der Waals surface area (Å²) in [6.07, 6.45) is 3.42. The second kappa shape index (κ2) is 9.78. The van der Waals surface area contributed by atoms with Crippen LogP contribution in [0.1, 0.15) is 44.1 Å². The van der Waals surface area contributed by atoms with Crippen molar-refractivity contribution >= 4 is 29.1 Å². The topological polar surface area (TPSA) is 85.2 Å². The van der Waals surface area contributed by atoms with E-state index in [1.807, 2.05) is 44.6 Å². The molecular weight excluding hydrogens is 416 g/mol. The van der Waals surface area contributed by atoms with Crippen LogP contribution in [-0.4, -0.2) is 50.8 Å². The number of carbonyl (C=O) groups excluding carboxylic acids is 1. The number of halogens is 1. The summed E-state index contributed by atoms with van der Waals surface area (Å²) in [7, 11) is 1.55. The first kappa shape index (κ1) is 22.6. The number of methoxy groups -OCH3 is 1. The highest BCUT2D eigenvalue weighted by Crippen LogP contribution is 2.30. The molecule has 0 aliphatic rings. The van der Waals surface area contributed by atoms with Crippen molar-refractivity contribution in [1.82, 2.24) is 24.6 Å². The molecule has 0 aliphatic carbocycles. The predicted octanol–water partition coefficient (Wildman–Crippen LogP) is 4.81. The van der Waals surface area contributed by atoms with Gasteiger partial charge in [-0.05, 0) is 52.0 Å². The Hall–Kier alpha value is -3.13. The molecular formula is C22H27ClN6O2. The van der Waals surface area contributed by atoms with Crippen molar-refractivity contribution in [3.05, 3.63) is 47.2 Å². The van der Waals surface area contributed by atoms with Gasteiger partial charge in [0.25, 0.3) is 5.91 Å². The van der Waals surface area contributed by atoms with Crippen LogP contribution in [0, 0.1) is 0 Å². The van der Waals surface area contributed by atoms with Gasteiger partial charge in [0.2, 0.25) is 5.95 Å². The summed E-state index contributed by atoms with van der Waals surface area (Å²) in [5.74, 6) is 0.822. The molecule has 0 spiro atoms. The van der Waals surface area contributed by atoms with E-state index in [4.69, 9.17) is 16.3 Å². The molecule has 9 heteroatoms. The molecule has 1 aromatic carbocycles. The number of aromatic nitrogens is 4. The smallest absolute Gasteiger partial charge is 0.253 e. The molecule has 0 aliphatic heterocycles. The molecule has 164 valence electrons. The highest BCUT2D eigenvalue weighted by atomic mass is 35.5. The maximum absolute atomic E-state index is 12.6. The molecule has 0 saturated heterocycles. The lowest BCUT2D eigenvalue weighted by Crippen LogP contribution is -2.30. The van der Waals surface area contributed by atoms with E-state index in [0.29, 0.717) is 52.4 Å². The van der Waals surface area contributed by atoms with Crippen molar-refractivity contribution in [2.75, 3.05) is 25.5 Å². The molecule has 3 aromatic rings. The maximum Gasteiger partial charge on any atom is 0.253 e. The van der Waals surface area contributed by atoms with Crippen molar-refractivity contribution in [2.45, 2.75) is 33.7 Å². The van der Waals surface area contributed by atoms with Gasteiger partial charge in [-0.2, -0.15) is 5.10 Å². The summed E-state index contributed by atoms with van der Waals surface area (Å²) in [6, 6.07) is 7.35. The first-order valence-corrected chi connectivity index (χ1v) is 10.6. The van der Waals surface area contributed by atoms with E-state index in [1.165, 1.54) is 6.20 Å². The quantitative estimate of drug-likeness (QED) is 0.538. The third kappa shape index (κ3) is 4.96. The van der Waals surface area contributed by atoms with Gasteiger partial charge in [-0.15, -0.1) is 0 Å². The molecule has 31 heavy (non-hydrogen) atoms. The van der Waals surface area contributed by atoms with Crippen LogP contribution in [0.3, 0.4) is 0 Å². The van der Waals surface area contributed by atoms with Crippen LogP contribution in [0.4, 0.5) is 11.6 Å². The zero-order valence-corrected chi connectivity index (χ0v) is 19.1. The van der Waals surface area contributed by atoms with Crippen LogP contribution in [0.15, 0.2) is 36.7 Å². The van der Waals surface area contributed by atoms with Gasteiger partial charge in [-0.1, -0.05) is 11.6 Å². The van der Waals surface area contributed by atoms with Gasteiger partial charge < -0.3 is 15.0 Å². The standard InChI is InChI=1S/C22H27ClN6O2/c1-6-28(7-2)21(30)15-8-9-17(19(12-15)31-5)25-22-24-13-16(23)20(26-22)18-10-11-29(27-18)14(3)4/h8-14H,6-7H2,1-5H3,(H,24,25,26). The second-order valence-electron chi connectivity index (χ2n) is 7.18. The number of hydrogen-bond acceptors (Lipinski definition) is 6. The van der Waals surface area contributed by atoms with Gasteiger partial charge >= 0.3 is 0 Å². The van der Waals surface area contributed by atoms with Crippen LogP contribution < -0.4 is 10.1 Å². The summed E-state index contributed by atoms with van der Waals surface area (Å²) in [4.78, 5) is 23.2. The van der Waals surface area contributed by atoms with Crippen molar-refractivity contribution in [2.24, 2.45) is 0 Å². The van der Waals surface area contributed by atoms with E-state index in [1.54, 1.807) is 30.2 Å². The lowest BCUT2D eigenvalue weighted by molar-refractivity contribution is 0.0772. The minimum Gasteiger partial charge on any atom is -0.495 e. The first-order chi connectivity index (χ1) is 14.9. The molecule has 8 nitrogen and oxygen atoms in total. The minimum atomic E-state index is -0.0411. The third-order valence-electron chi connectivity index (χ3n) is 4.87. The number of hydrogen-bond donors (Lipinski definition) is 1. The molecule has 0 unspecified atom stereocenters. The number of rotatable bonds is 8. The Morgan fingerprint density at radius 1 is 1.26 bits per heavy atom. The molecule has 0 atom stereocenters. The Morgan fingerprint density at radius 3 is 2.61 bits per heavy atom. The Kier molecular flexibility index (Phi) is 7.12. The number of benzene rings is 1. The van der Waals surface area contributed by atoms with E-state index in [2.05, 4.69) is 20.4 Å². The molecule has 0 bridgehead atoms. The monoisotopic (exact) mass is 442 g/mol. The number of carbonyl (C=O) groups is 1. The van der Waals surface area contributed by atoms with Gasteiger partial charge in [-0.3, -0.25) is 9.48 Å². The van der Waals surface area contributed by atoms with Crippen LogP contribution in [0.2, 0.25) is 5.02 Å². The number of ether oxygens (including phenoxy) is 1. The van der Waals surface area contributed by atoms with Crippen molar-refractivity contribution in [3.63, 3.8) is 0 Å². The molecule has 0 radical (unpaired) electrons. The Labute approximate surface area is 187 Å². The van der Waals surface area contributed by atoms with E-state index in [0.717, 1.165) is 0 Å². The fourth-order valence-corrected chi connectivity index (χ4v) is 3.29. The fourth-order valence-electron chi connectivity index (χ4n) is 3.10. The van der Waals surface area contributed by atoms with E-state index < -0.39 is 0 Å². The van der Waals surface area contributed by atoms with Crippen LogP contribution in [0.25, 0.3) is 11.4 Å². The first-order valence-electron chi connectivity index (χ1n) is 10.2. The molecule has 2 aromatic heterocycles. The molecule has 0 fully saturated rings. The van der Waals surface area contributed by atoms with Gasteiger partial charge in [0, 0.05) is 30.9 Å². The molecule has 0 saturated carbocycles. The zero-order valence-electron chi connectivity index (χ0n) is 18.4. The molecule has 2 heterocycles. The summed E-state index contributed by atoms with van der Waals surface area (Å²) >= 11 is 6.32. The highest BCUT2D eigenvalue weighted by molar-refractivity contribution is 6.32. The molecule has 1 amide bonds. The van der Waals surface area contributed by atoms with Crippen molar-refractivity contribution in [3.8, 4) is 17.1 Å². The fraction of sp³-hybridized carbons (Fsp3) is 0.364. The van der Waals surface area contributed by atoms with E-state index in [-0.39, 0.29) is 11.9 Å². The normalized spacial score (nSPS) is 10.9. The SMILES string of the molecule is CCN(CC)C(=O)c1ccc(Nc2ncc(Cl)c(-c3ccn(C(C)C)n3)n2)c(OC)c1. The maximum atomic E-state index is 12.6. The molecule has 3 rings (SSSR count). The Morgan fingerprint density at radius 2 is 2.00 bits per heavy atom. The highest BCUT2D eigenvalue weighted by Gasteiger charge is 2.17. The van der Waals surface area contributed by atoms with Gasteiger partial charge in [0.05, 0.1) is 24.0 Å². The number of nitrogens with zero attached hydrogens (tertiary/aromatic N) is 5. The Bertz CT molecular complexity index is 1060. The Balaban J connectivity index is 1.89. The lowest BCUT2D eigenvalue weighted by atomic mass is 10.1. The van der Waals surface area contributed by atoms with E-state index >= 15 is 0 Å². The minimum absolute atomic E-state index is 0.0411. The third-order valence-corrected chi connectivity index (χ3v) is 5.15. The summed E-state index contributed by atoms with van der Waals surface area (Å²) in [6.45, 7) is 9.29. The van der Waals surface area contributed by atoms with Gasteiger partial charge in [0.15, 0.2) is 0 Å². The average Bonchev–Trinajstić information content (AvgIpc) is 3.26. The zero-order chi connectivity index (χ0) is 22.5. The summed E-state index contributed by atoms with van der Waals surface area (Å²) < 4.78 is 7.34. The van der Waals surface area contributed by atoms with E-state index in [9.17, 15) is 4.79 Å². The largest absolute Gasteiger partial charge is 0.495 e. The predicted molar refractivity (Wildman–Crippen MR) is 122 cm³/mol. The van der Waals surface area contributed by atoms with Crippen molar-refractivity contribution < 1.29 is 9.53 Å². The van der Waals surface area contributed by atoms with Crippen LogP contribution in [-0.2, 0) is 0 Å². The van der Waals surface area contributed by atoms with Crippen LogP contribution in [0.5, 0.6) is 5.75 Å². The molecule has 1 N–H and O–H groups in total. The number of anilines is 2. The van der Waals surface area contributed by atoms with Crippen molar-refractivity contribution in [1.29, 1.82) is 0 Å². The van der Waals surface area contributed by atoms with Gasteiger partial charge in [0.1, 0.15) is 17.1 Å². The number of amides is 1. The average molecular weight is 443 g/mol. The van der Waals surface area contributed by atoms with Gasteiger partial charge in [-0.25, -0.2) is 9.97 Å². The number of nitrogens with one attached hydrogen (secondary N) is 1. The summed E-state index contributed by atoms with van der Waals surface area (Å²) in [5, 5.41) is 8.09. The van der Waals surface area contributed by atoms with Crippen LogP contribution >= 0.6 is 11.6 Å².